The van der Waals surface area contributed by atoms with Gasteiger partial charge in [0.25, 0.3) is 5.91 Å². The van der Waals surface area contributed by atoms with Crippen molar-refractivity contribution >= 4 is 34.8 Å². The summed E-state index contributed by atoms with van der Waals surface area (Å²) in [6, 6.07) is 11.2. The maximum Gasteiger partial charge on any atom is 0.251 e. The number of halogens is 1. The normalized spacial score (nSPS) is 10.5. The summed E-state index contributed by atoms with van der Waals surface area (Å²) >= 11 is 7.40. The van der Waals surface area contributed by atoms with Crippen LogP contribution in [0.15, 0.2) is 36.4 Å². The van der Waals surface area contributed by atoms with Crippen molar-refractivity contribution in [2.45, 2.75) is 26.8 Å². The monoisotopic (exact) mass is 364 g/mol. The molecule has 0 aliphatic carbocycles. The lowest BCUT2D eigenvalue weighted by Gasteiger charge is -2.20. The number of amides is 2. The van der Waals surface area contributed by atoms with E-state index >= 15 is 0 Å². The van der Waals surface area contributed by atoms with Crippen LogP contribution in [-0.2, 0) is 11.3 Å². The molecule has 0 saturated carbocycles. The smallest absolute Gasteiger partial charge is 0.251 e. The fourth-order valence-electron chi connectivity index (χ4n) is 2.33. The van der Waals surface area contributed by atoms with Crippen molar-refractivity contribution in [2.75, 3.05) is 13.1 Å². The fraction of sp³-hybridized carbons (Fsp3) is 0.333. The lowest BCUT2D eigenvalue weighted by Crippen LogP contribution is -2.34. The van der Waals surface area contributed by atoms with Gasteiger partial charge in [-0.3, -0.25) is 9.59 Å². The Kier molecular flexibility index (Phi) is 6.82. The number of nitrogens with one attached hydrogen (secondary N) is 1. The zero-order chi connectivity index (χ0) is 17.5. The zero-order valence-corrected chi connectivity index (χ0v) is 15.4. The molecule has 0 atom stereocenters. The number of rotatable bonds is 7. The maximum atomic E-state index is 12.3. The van der Waals surface area contributed by atoms with E-state index in [4.69, 9.17) is 11.6 Å². The van der Waals surface area contributed by atoms with E-state index in [0.29, 0.717) is 25.2 Å². The first-order valence-electron chi connectivity index (χ1n) is 7.86. The first kappa shape index (κ1) is 18.5. The second-order valence-corrected chi connectivity index (χ2v) is 7.29. The molecule has 0 saturated heterocycles. The molecule has 1 aromatic carbocycles. The van der Waals surface area contributed by atoms with Crippen molar-refractivity contribution in [2.24, 2.45) is 0 Å². The Morgan fingerprint density at radius 2 is 2.04 bits per heavy atom. The molecule has 0 unspecified atom stereocenters. The SMILES string of the molecule is CCN(Cc1ccc(Cl)s1)C(=O)CCNC(=O)c1cccc(C)c1. The predicted molar refractivity (Wildman–Crippen MR) is 98.5 cm³/mol. The average molecular weight is 365 g/mol. The Bertz CT molecular complexity index is 715. The van der Waals surface area contributed by atoms with Crippen molar-refractivity contribution < 1.29 is 9.59 Å². The van der Waals surface area contributed by atoms with Gasteiger partial charge in [-0.15, -0.1) is 11.3 Å². The minimum atomic E-state index is -0.153. The maximum absolute atomic E-state index is 12.3. The second kappa shape index (κ2) is 8.85. The van der Waals surface area contributed by atoms with E-state index in [-0.39, 0.29) is 18.2 Å². The standard InChI is InChI=1S/C18H21ClN2O2S/c1-3-21(12-15-7-8-16(19)24-15)17(22)9-10-20-18(23)14-6-4-5-13(2)11-14/h4-8,11H,3,9-10,12H2,1-2H3,(H,20,23). The lowest BCUT2D eigenvalue weighted by atomic mass is 10.1. The first-order valence-corrected chi connectivity index (χ1v) is 9.06. The molecule has 2 aromatic rings. The highest BCUT2D eigenvalue weighted by Crippen LogP contribution is 2.22. The average Bonchev–Trinajstić information content (AvgIpc) is 2.97. The largest absolute Gasteiger partial charge is 0.352 e. The van der Waals surface area contributed by atoms with Crippen LogP contribution in [0.3, 0.4) is 0 Å². The molecule has 0 aliphatic heterocycles. The summed E-state index contributed by atoms with van der Waals surface area (Å²) < 4.78 is 0.721. The van der Waals surface area contributed by atoms with Gasteiger partial charge >= 0.3 is 0 Å². The molecule has 6 heteroatoms. The van der Waals surface area contributed by atoms with E-state index in [0.717, 1.165) is 14.8 Å². The van der Waals surface area contributed by atoms with Gasteiger partial charge in [0.15, 0.2) is 0 Å². The summed E-state index contributed by atoms with van der Waals surface area (Å²) in [7, 11) is 0. The molecule has 1 N–H and O–H groups in total. The molecule has 2 rings (SSSR count). The van der Waals surface area contributed by atoms with Gasteiger partial charge in [0.05, 0.1) is 10.9 Å². The highest BCUT2D eigenvalue weighted by atomic mass is 35.5. The molecule has 0 fully saturated rings. The molecule has 2 amide bonds. The van der Waals surface area contributed by atoms with Gasteiger partial charge in [-0.05, 0) is 38.1 Å². The van der Waals surface area contributed by atoms with Crippen molar-refractivity contribution in [1.82, 2.24) is 10.2 Å². The number of hydrogen-bond donors (Lipinski definition) is 1. The number of hydrogen-bond acceptors (Lipinski definition) is 3. The molecule has 0 bridgehead atoms. The molecule has 0 radical (unpaired) electrons. The summed E-state index contributed by atoms with van der Waals surface area (Å²) in [5, 5.41) is 2.80. The van der Waals surface area contributed by atoms with Crippen molar-refractivity contribution in [3.63, 3.8) is 0 Å². The van der Waals surface area contributed by atoms with Crippen molar-refractivity contribution in [3.05, 3.63) is 56.7 Å². The number of aryl methyl sites for hydroxylation is 1. The number of carbonyl (C=O) groups excluding carboxylic acids is 2. The number of carbonyl (C=O) groups is 2. The topological polar surface area (TPSA) is 49.4 Å². The van der Waals surface area contributed by atoms with Crippen LogP contribution in [0, 0.1) is 6.92 Å². The van der Waals surface area contributed by atoms with Crippen LogP contribution in [0.5, 0.6) is 0 Å². The molecule has 1 aromatic heterocycles. The minimum absolute atomic E-state index is 0.0200. The predicted octanol–water partition coefficient (Wildman–Crippen LogP) is 3.88. The van der Waals surface area contributed by atoms with Crippen LogP contribution in [0.4, 0.5) is 0 Å². The molecular weight excluding hydrogens is 344 g/mol. The third-order valence-electron chi connectivity index (χ3n) is 3.61. The summed E-state index contributed by atoms with van der Waals surface area (Å²) in [5.74, 6) is -0.133. The molecular formula is C18H21ClN2O2S. The molecule has 0 aliphatic rings. The summed E-state index contributed by atoms with van der Waals surface area (Å²) in [5.41, 5.74) is 1.65. The van der Waals surface area contributed by atoms with Crippen LogP contribution in [-0.4, -0.2) is 29.8 Å². The quantitative estimate of drug-likeness (QED) is 0.810. The van der Waals surface area contributed by atoms with E-state index in [1.54, 1.807) is 11.0 Å². The lowest BCUT2D eigenvalue weighted by molar-refractivity contribution is -0.131. The summed E-state index contributed by atoms with van der Waals surface area (Å²) in [6.07, 6.45) is 0.282. The van der Waals surface area contributed by atoms with Crippen LogP contribution in [0.25, 0.3) is 0 Å². The van der Waals surface area contributed by atoms with E-state index in [9.17, 15) is 9.59 Å². The summed E-state index contributed by atoms with van der Waals surface area (Å²) in [6.45, 7) is 5.39. The second-order valence-electron chi connectivity index (χ2n) is 5.49. The van der Waals surface area contributed by atoms with Gasteiger partial charge in [0, 0.05) is 30.0 Å². The Balaban J connectivity index is 1.81. The molecule has 4 nitrogen and oxygen atoms in total. The Morgan fingerprint density at radius 1 is 1.25 bits per heavy atom. The number of nitrogens with zero attached hydrogens (tertiary/aromatic N) is 1. The highest BCUT2D eigenvalue weighted by molar-refractivity contribution is 7.16. The van der Waals surface area contributed by atoms with Gasteiger partial charge in [-0.2, -0.15) is 0 Å². The molecule has 24 heavy (non-hydrogen) atoms. The van der Waals surface area contributed by atoms with E-state index in [1.807, 2.05) is 44.2 Å². The number of benzene rings is 1. The third-order valence-corrected chi connectivity index (χ3v) is 4.83. The van der Waals surface area contributed by atoms with Crippen molar-refractivity contribution in [1.29, 1.82) is 0 Å². The third kappa shape index (κ3) is 5.35. The Labute approximate surface area is 151 Å². The van der Waals surface area contributed by atoms with Crippen LogP contribution in [0.2, 0.25) is 4.34 Å². The fourth-order valence-corrected chi connectivity index (χ4v) is 3.43. The highest BCUT2D eigenvalue weighted by Gasteiger charge is 2.14. The first-order chi connectivity index (χ1) is 11.5. The van der Waals surface area contributed by atoms with E-state index < -0.39 is 0 Å². The van der Waals surface area contributed by atoms with Crippen LogP contribution in [0.1, 0.15) is 34.1 Å². The van der Waals surface area contributed by atoms with Gasteiger partial charge in [0.2, 0.25) is 5.91 Å². The Hall–Kier alpha value is -1.85. The van der Waals surface area contributed by atoms with Gasteiger partial charge in [0.1, 0.15) is 0 Å². The van der Waals surface area contributed by atoms with Gasteiger partial charge < -0.3 is 10.2 Å². The van der Waals surface area contributed by atoms with Gasteiger partial charge in [-0.25, -0.2) is 0 Å². The molecule has 0 spiro atoms. The Morgan fingerprint density at radius 3 is 2.67 bits per heavy atom. The molecule has 128 valence electrons. The van der Waals surface area contributed by atoms with Gasteiger partial charge in [-0.1, -0.05) is 29.3 Å². The van der Waals surface area contributed by atoms with E-state index in [2.05, 4.69) is 5.32 Å². The minimum Gasteiger partial charge on any atom is -0.352 e. The molecule has 1 heterocycles. The number of thiophene rings is 1. The zero-order valence-electron chi connectivity index (χ0n) is 13.8. The van der Waals surface area contributed by atoms with Crippen LogP contribution >= 0.6 is 22.9 Å². The van der Waals surface area contributed by atoms with Crippen LogP contribution < -0.4 is 5.32 Å². The summed E-state index contributed by atoms with van der Waals surface area (Å²) in [4.78, 5) is 27.2. The van der Waals surface area contributed by atoms with E-state index in [1.165, 1.54) is 11.3 Å². The van der Waals surface area contributed by atoms with Crippen molar-refractivity contribution in [3.8, 4) is 0 Å².